The van der Waals surface area contributed by atoms with E-state index in [0.29, 0.717) is 18.8 Å². The largest absolute Gasteiger partial charge is 0.479 e. The molecule has 114 valence electrons. The van der Waals surface area contributed by atoms with E-state index in [1.54, 1.807) is 12.1 Å². The predicted molar refractivity (Wildman–Crippen MR) is 77.2 cm³/mol. The summed E-state index contributed by atoms with van der Waals surface area (Å²) in [5, 5.41) is 17.5. The molecule has 2 rings (SSSR count). The van der Waals surface area contributed by atoms with Gasteiger partial charge in [0, 0.05) is 25.3 Å². The lowest BCUT2D eigenvalue weighted by molar-refractivity contribution is -0.144. The number of hydrogen-bond donors (Lipinski definition) is 4. The summed E-state index contributed by atoms with van der Waals surface area (Å²) in [6.45, 7) is 0.903. The van der Waals surface area contributed by atoms with Gasteiger partial charge in [-0.05, 0) is 18.7 Å². The molecule has 1 aliphatic rings. The summed E-state index contributed by atoms with van der Waals surface area (Å²) in [5.74, 6) is -1.08. The molecule has 1 unspecified atom stereocenters. The Morgan fingerprint density at radius 3 is 2.76 bits per heavy atom. The number of para-hydroxylation sites is 1. The van der Waals surface area contributed by atoms with Crippen LogP contribution in [0.1, 0.15) is 12.0 Å². The molecule has 1 heterocycles. The first-order valence-corrected chi connectivity index (χ1v) is 6.70. The molecule has 0 saturated carbocycles. The average molecular weight is 293 g/mol. The third-order valence-electron chi connectivity index (χ3n) is 3.42. The predicted octanol–water partition coefficient (Wildman–Crippen LogP) is 0.771. The van der Waals surface area contributed by atoms with Gasteiger partial charge in [-0.25, -0.2) is 9.59 Å². The zero-order valence-corrected chi connectivity index (χ0v) is 11.8. The van der Waals surface area contributed by atoms with E-state index in [1.807, 2.05) is 19.2 Å². The molecule has 1 fully saturated rings. The molecule has 0 aromatic heterocycles. The van der Waals surface area contributed by atoms with Crippen molar-refractivity contribution in [1.82, 2.24) is 10.6 Å². The summed E-state index contributed by atoms with van der Waals surface area (Å²) >= 11 is 0. The van der Waals surface area contributed by atoms with Crippen molar-refractivity contribution in [2.75, 3.05) is 25.6 Å². The van der Waals surface area contributed by atoms with Crippen LogP contribution in [-0.4, -0.2) is 42.9 Å². The SMILES string of the molecule is CNCc1ccccc1NC(=O)NC1(C(=O)O)CCOC1. The Labute approximate surface area is 122 Å². The van der Waals surface area contributed by atoms with Crippen molar-refractivity contribution in [3.63, 3.8) is 0 Å². The number of carboxylic acids is 1. The number of anilines is 1. The molecule has 7 nitrogen and oxygen atoms in total. The summed E-state index contributed by atoms with van der Waals surface area (Å²) in [6.07, 6.45) is 0.258. The van der Waals surface area contributed by atoms with Crippen molar-refractivity contribution in [1.29, 1.82) is 0 Å². The van der Waals surface area contributed by atoms with Gasteiger partial charge in [0.15, 0.2) is 5.54 Å². The second-order valence-electron chi connectivity index (χ2n) is 4.96. The van der Waals surface area contributed by atoms with E-state index in [0.717, 1.165) is 5.56 Å². The van der Waals surface area contributed by atoms with Gasteiger partial charge in [-0.1, -0.05) is 18.2 Å². The number of amides is 2. The van der Waals surface area contributed by atoms with Gasteiger partial charge in [-0.2, -0.15) is 0 Å². The second kappa shape index (κ2) is 6.55. The summed E-state index contributed by atoms with van der Waals surface area (Å²) in [5.41, 5.74) is 0.216. The van der Waals surface area contributed by atoms with Gasteiger partial charge < -0.3 is 25.8 Å². The average Bonchev–Trinajstić information content (AvgIpc) is 2.91. The highest BCUT2D eigenvalue weighted by molar-refractivity contribution is 5.94. The molecule has 0 spiro atoms. The normalized spacial score (nSPS) is 21.0. The fraction of sp³-hybridized carbons (Fsp3) is 0.429. The number of ether oxygens (including phenoxy) is 1. The van der Waals surface area contributed by atoms with Crippen molar-refractivity contribution in [2.45, 2.75) is 18.5 Å². The molecule has 0 radical (unpaired) electrons. The van der Waals surface area contributed by atoms with Gasteiger partial charge in [0.05, 0.1) is 6.61 Å². The monoisotopic (exact) mass is 293 g/mol. The smallest absolute Gasteiger partial charge is 0.332 e. The molecule has 7 heteroatoms. The van der Waals surface area contributed by atoms with Crippen LogP contribution in [0.5, 0.6) is 0 Å². The first kappa shape index (κ1) is 15.3. The van der Waals surface area contributed by atoms with Gasteiger partial charge in [0.2, 0.25) is 0 Å². The Hall–Kier alpha value is -2.12. The van der Waals surface area contributed by atoms with E-state index < -0.39 is 17.5 Å². The zero-order chi connectivity index (χ0) is 15.3. The first-order chi connectivity index (χ1) is 10.1. The summed E-state index contributed by atoms with van der Waals surface area (Å²) in [4.78, 5) is 23.4. The molecule has 1 saturated heterocycles. The Morgan fingerprint density at radius 1 is 1.38 bits per heavy atom. The maximum absolute atomic E-state index is 12.1. The molecule has 1 atom stereocenters. The highest BCUT2D eigenvalue weighted by Crippen LogP contribution is 2.20. The lowest BCUT2D eigenvalue weighted by atomic mass is 9.99. The maximum atomic E-state index is 12.1. The van der Waals surface area contributed by atoms with Crippen molar-refractivity contribution < 1.29 is 19.4 Å². The van der Waals surface area contributed by atoms with Crippen molar-refractivity contribution in [3.05, 3.63) is 29.8 Å². The number of benzene rings is 1. The van der Waals surface area contributed by atoms with Crippen molar-refractivity contribution >= 4 is 17.7 Å². The third-order valence-corrected chi connectivity index (χ3v) is 3.42. The van der Waals surface area contributed by atoms with Crippen LogP contribution in [0, 0.1) is 0 Å². The zero-order valence-electron chi connectivity index (χ0n) is 11.8. The fourth-order valence-electron chi connectivity index (χ4n) is 2.24. The van der Waals surface area contributed by atoms with Gasteiger partial charge in [-0.3, -0.25) is 0 Å². The van der Waals surface area contributed by atoms with Gasteiger partial charge in [0.1, 0.15) is 0 Å². The van der Waals surface area contributed by atoms with Crippen molar-refractivity contribution in [2.24, 2.45) is 0 Å². The Morgan fingerprint density at radius 2 is 2.14 bits per heavy atom. The molecular weight excluding hydrogens is 274 g/mol. The highest BCUT2D eigenvalue weighted by atomic mass is 16.5. The van der Waals surface area contributed by atoms with Crippen molar-refractivity contribution in [3.8, 4) is 0 Å². The van der Waals surface area contributed by atoms with Crippen LogP contribution in [0.2, 0.25) is 0 Å². The van der Waals surface area contributed by atoms with E-state index in [1.165, 1.54) is 0 Å². The van der Waals surface area contributed by atoms with E-state index in [-0.39, 0.29) is 13.0 Å². The van der Waals surface area contributed by atoms with Gasteiger partial charge in [-0.15, -0.1) is 0 Å². The number of urea groups is 1. The second-order valence-corrected chi connectivity index (χ2v) is 4.96. The number of rotatable bonds is 5. The number of carboxylic acid groups (broad SMARTS) is 1. The van der Waals surface area contributed by atoms with E-state index in [9.17, 15) is 14.7 Å². The van der Waals surface area contributed by atoms with Crippen LogP contribution in [0.15, 0.2) is 24.3 Å². The molecule has 1 aliphatic heterocycles. The van der Waals surface area contributed by atoms with E-state index in [2.05, 4.69) is 16.0 Å². The molecule has 2 amide bonds. The maximum Gasteiger partial charge on any atom is 0.332 e. The summed E-state index contributed by atoms with van der Waals surface area (Å²) < 4.78 is 5.10. The van der Waals surface area contributed by atoms with E-state index in [4.69, 9.17) is 4.74 Å². The molecule has 0 bridgehead atoms. The Kier molecular flexibility index (Phi) is 4.77. The number of aliphatic carboxylic acids is 1. The van der Waals surface area contributed by atoms with E-state index >= 15 is 0 Å². The van der Waals surface area contributed by atoms with Crippen LogP contribution in [-0.2, 0) is 16.1 Å². The van der Waals surface area contributed by atoms with Gasteiger partial charge in [0.25, 0.3) is 0 Å². The Bertz CT molecular complexity index is 527. The summed E-state index contributed by atoms with van der Waals surface area (Å²) in [6, 6.07) is 6.79. The quantitative estimate of drug-likeness (QED) is 0.642. The minimum atomic E-state index is -1.35. The lowest BCUT2D eigenvalue weighted by Gasteiger charge is -2.24. The highest BCUT2D eigenvalue weighted by Gasteiger charge is 2.44. The molecule has 4 N–H and O–H groups in total. The number of carbonyl (C=O) groups is 2. The standard InChI is InChI=1S/C14H19N3O4/c1-15-8-10-4-2-3-5-11(10)16-13(20)17-14(12(18)19)6-7-21-9-14/h2-5,15H,6-9H2,1H3,(H,18,19)(H2,16,17,20). The molecule has 1 aromatic rings. The van der Waals surface area contributed by atoms with Crippen LogP contribution >= 0.6 is 0 Å². The molecular formula is C14H19N3O4. The van der Waals surface area contributed by atoms with Crippen LogP contribution in [0.3, 0.4) is 0 Å². The molecule has 21 heavy (non-hydrogen) atoms. The number of hydrogen-bond acceptors (Lipinski definition) is 4. The number of nitrogens with one attached hydrogen (secondary N) is 3. The Balaban J connectivity index is 2.06. The topological polar surface area (TPSA) is 99.7 Å². The van der Waals surface area contributed by atoms with Crippen LogP contribution < -0.4 is 16.0 Å². The molecule has 0 aliphatic carbocycles. The van der Waals surface area contributed by atoms with Crippen LogP contribution in [0.25, 0.3) is 0 Å². The van der Waals surface area contributed by atoms with Crippen LogP contribution in [0.4, 0.5) is 10.5 Å². The number of carbonyl (C=O) groups excluding carboxylic acids is 1. The first-order valence-electron chi connectivity index (χ1n) is 6.70. The minimum absolute atomic E-state index is 0.0199. The fourth-order valence-corrected chi connectivity index (χ4v) is 2.24. The lowest BCUT2D eigenvalue weighted by Crippen LogP contribution is -2.56. The van der Waals surface area contributed by atoms with Gasteiger partial charge >= 0.3 is 12.0 Å². The molecule has 1 aromatic carbocycles. The summed E-state index contributed by atoms with van der Waals surface area (Å²) in [7, 11) is 1.81. The minimum Gasteiger partial charge on any atom is -0.479 e. The third kappa shape index (κ3) is 3.50.